The predicted octanol–water partition coefficient (Wildman–Crippen LogP) is 2.42. The molecule has 0 amide bonds. The standard InChI is InChI=1S/C11H15NO/c13-10-6-7-12-11(8-10)9-4-2-1-3-5-9/h6-9H,1-5H2,(H,12,13). The molecule has 1 aromatic heterocycles. The highest BCUT2D eigenvalue weighted by Crippen LogP contribution is 2.30. The second kappa shape index (κ2) is 3.77. The fourth-order valence-corrected chi connectivity index (χ4v) is 2.11. The minimum Gasteiger partial charge on any atom is -0.365 e. The van der Waals surface area contributed by atoms with Gasteiger partial charge in [0.15, 0.2) is 5.43 Å². The first-order chi connectivity index (χ1) is 6.36. The van der Waals surface area contributed by atoms with Gasteiger partial charge in [-0.15, -0.1) is 0 Å². The number of aromatic nitrogens is 1. The lowest BCUT2D eigenvalue weighted by Gasteiger charge is -2.21. The zero-order valence-corrected chi connectivity index (χ0v) is 7.75. The summed E-state index contributed by atoms with van der Waals surface area (Å²) in [5, 5.41) is 0. The average molecular weight is 177 g/mol. The van der Waals surface area contributed by atoms with E-state index in [2.05, 4.69) is 4.98 Å². The Bertz CT molecular complexity index is 323. The van der Waals surface area contributed by atoms with E-state index in [1.165, 1.54) is 32.1 Å². The lowest BCUT2D eigenvalue weighted by molar-refractivity contribution is 0.436. The minimum absolute atomic E-state index is 0.124. The average Bonchev–Trinajstić information content (AvgIpc) is 2.19. The highest BCUT2D eigenvalue weighted by molar-refractivity contribution is 5.10. The van der Waals surface area contributed by atoms with Gasteiger partial charge in [-0.3, -0.25) is 4.79 Å². The maximum atomic E-state index is 11.1. The molecule has 1 aromatic rings. The van der Waals surface area contributed by atoms with Gasteiger partial charge in [0.1, 0.15) is 0 Å². The number of rotatable bonds is 1. The minimum atomic E-state index is 0.124. The summed E-state index contributed by atoms with van der Waals surface area (Å²) >= 11 is 0. The van der Waals surface area contributed by atoms with Gasteiger partial charge in [0.05, 0.1) is 0 Å². The van der Waals surface area contributed by atoms with Crippen molar-refractivity contribution < 1.29 is 0 Å². The lowest BCUT2D eigenvalue weighted by atomic mass is 9.87. The summed E-state index contributed by atoms with van der Waals surface area (Å²) in [5.74, 6) is 0.600. The maximum Gasteiger partial charge on any atom is 0.181 e. The molecule has 0 radical (unpaired) electrons. The molecule has 1 fully saturated rings. The van der Waals surface area contributed by atoms with Crippen molar-refractivity contribution in [1.29, 1.82) is 0 Å². The molecule has 1 saturated carbocycles. The molecule has 0 atom stereocenters. The molecule has 0 aliphatic heterocycles. The van der Waals surface area contributed by atoms with Crippen LogP contribution >= 0.6 is 0 Å². The van der Waals surface area contributed by atoms with Gasteiger partial charge in [-0.2, -0.15) is 0 Å². The largest absolute Gasteiger partial charge is 0.365 e. The van der Waals surface area contributed by atoms with Gasteiger partial charge in [-0.25, -0.2) is 0 Å². The monoisotopic (exact) mass is 177 g/mol. The topological polar surface area (TPSA) is 32.9 Å². The number of hydrogen-bond acceptors (Lipinski definition) is 1. The molecular formula is C11H15NO. The quantitative estimate of drug-likeness (QED) is 0.702. The molecule has 2 heteroatoms. The number of pyridine rings is 1. The van der Waals surface area contributed by atoms with Crippen LogP contribution in [0.5, 0.6) is 0 Å². The van der Waals surface area contributed by atoms with Crippen LogP contribution < -0.4 is 5.43 Å². The smallest absolute Gasteiger partial charge is 0.181 e. The molecule has 1 aliphatic carbocycles. The van der Waals surface area contributed by atoms with Crippen LogP contribution in [0, 0.1) is 0 Å². The van der Waals surface area contributed by atoms with Gasteiger partial charge in [0, 0.05) is 24.0 Å². The highest BCUT2D eigenvalue weighted by Gasteiger charge is 2.15. The first-order valence-corrected chi connectivity index (χ1v) is 5.05. The van der Waals surface area contributed by atoms with Gasteiger partial charge in [0.2, 0.25) is 0 Å². The van der Waals surface area contributed by atoms with Crippen LogP contribution in [0.25, 0.3) is 0 Å². The van der Waals surface area contributed by atoms with E-state index in [4.69, 9.17) is 0 Å². The van der Waals surface area contributed by atoms with Gasteiger partial charge in [-0.05, 0) is 18.8 Å². The van der Waals surface area contributed by atoms with E-state index in [9.17, 15) is 4.79 Å². The molecule has 0 saturated heterocycles. The summed E-state index contributed by atoms with van der Waals surface area (Å²) in [5.41, 5.74) is 1.26. The summed E-state index contributed by atoms with van der Waals surface area (Å²) in [4.78, 5) is 14.3. The molecule has 2 rings (SSSR count). The van der Waals surface area contributed by atoms with E-state index >= 15 is 0 Å². The fraction of sp³-hybridized carbons (Fsp3) is 0.545. The van der Waals surface area contributed by atoms with E-state index in [1.54, 1.807) is 18.3 Å². The van der Waals surface area contributed by atoms with Crippen LogP contribution in [-0.2, 0) is 0 Å². The molecule has 1 N–H and O–H groups in total. The Morgan fingerprint density at radius 1 is 1.23 bits per heavy atom. The first-order valence-electron chi connectivity index (χ1n) is 5.05. The fourth-order valence-electron chi connectivity index (χ4n) is 2.11. The highest BCUT2D eigenvalue weighted by atomic mass is 16.1. The zero-order valence-electron chi connectivity index (χ0n) is 7.75. The third kappa shape index (κ3) is 2.00. The van der Waals surface area contributed by atoms with Crippen LogP contribution in [0.1, 0.15) is 43.7 Å². The number of aromatic amines is 1. The molecule has 0 unspecified atom stereocenters. The summed E-state index contributed by atoms with van der Waals surface area (Å²) in [6, 6.07) is 3.32. The Morgan fingerprint density at radius 3 is 2.69 bits per heavy atom. The van der Waals surface area contributed by atoms with Crippen molar-refractivity contribution in [3.05, 3.63) is 34.2 Å². The number of H-pyrrole nitrogens is 1. The van der Waals surface area contributed by atoms with Gasteiger partial charge in [0.25, 0.3) is 0 Å². The molecule has 70 valence electrons. The molecule has 1 heterocycles. The summed E-state index contributed by atoms with van der Waals surface area (Å²) < 4.78 is 0. The predicted molar refractivity (Wildman–Crippen MR) is 52.9 cm³/mol. The Labute approximate surface area is 78.0 Å². The molecular weight excluding hydrogens is 162 g/mol. The van der Waals surface area contributed by atoms with Gasteiger partial charge < -0.3 is 4.98 Å². The van der Waals surface area contributed by atoms with Crippen molar-refractivity contribution in [2.24, 2.45) is 0 Å². The van der Waals surface area contributed by atoms with Crippen LogP contribution in [0.3, 0.4) is 0 Å². The van der Waals surface area contributed by atoms with Crippen molar-refractivity contribution in [2.75, 3.05) is 0 Å². The van der Waals surface area contributed by atoms with Crippen LogP contribution in [0.2, 0.25) is 0 Å². The second-order valence-corrected chi connectivity index (χ2v) is 3.81. The number of nitrogens with one attached hydrogen (secondary N) is 1. The summed E-state index contributed by atoms with van der Waals surface area (Å²) in [7, 11) is 0. The van der Waals surface area contributed by atoms with Crippen molar-refractivity contribution in [3.8, 4) is 0 Å². The molecule has 0 bridgehead atoms. The lowest BCUT2D eigenvalue weighted by Crippen LogP contribution is -2.09. The summed E-state index contributed by atoms with van der Waals surface area (Å²) in [6.45, 7) is 0. The summed E-state index contributed by atoms with van der Waals surface area (Å²) in [6.07, 6.45) is 8.20. The van der Waals surface area contributed by atoms with Crippen molar-refractivity contribution >= 4 is 0 Å². The SMILES string of the molecule is O=c1cc[nH]c(C2CCCCC2)c1. The van der Waals surface area contributed by atoms with Gasteiger partial charge in [-0.1, -0.05) is 19.3 Å². The van der Waals surface area contributed by atoms with Crippen LogP contribution in [-0.4, -0.2) is 4.98 Å². The zero-order chi connectivity index (χ0) is 9.10. The van der Waals surface area contributed by atoms with Crippen molar-refractivity contribution in [3.63, 3.8) is 0 Å². The van der Waals surface area contributed by atoms with E-state index < -0.39 is 0 Å². The second-order valence-electron chi connectivity index (χ2n) is 3.81. The van der Waals surface area contributed by atoms with E-state index in [-0.39, 0.29) is 5.43 Å². The molecule has 0 aromatic carbocycles. The van der Waals surface area contributed by atoms with Gasteiger partial charge >= 0.3 is 0 Å². The van der Waals surface area contributed by atoms with Crippen LogP contribution in [0.4, 0.5) is 0 Å². The van der Waals surface area contributed by atoms with E-state index in [0.29, 0.717) is 5.92 Å². The molecule has 2 nitrogen and oxygen atoms in total. The molecule has 0 spiro atoms. The first kappa shape index (κ1) is 8.54. The molecule has 1 aliphatic rings. The third-order valence-electron chi connectivity index (χ3n) is 2.84. The Kier molecular flexibility index (Phi) is 2.48. The van der Waals surface area contributed by atoms with Crippen molar-refractivity contribution in [2.45, 2.75) is 38.0 Å². The number of hydrogen-bond donors (Lipinski definition) is 1. The Morgan fingerprint density at radius 2 is 2.00 bits per heavy atom. The third-order valence-corrected chi connectivity index (χ3v) is 2.84. The Hall–Kier alpha value is -1.05. The maximum absolute atomic E-state index is 11.1. The molecule has 13 heavy (non-hydrogen) atoms. The van der Waals surface area contributed by atoms with E-state index in [1.807, 2.05) is 0 Å². The Balaban J connectivity index is 2.19. The normalized spacial score (nSPS) is 18.8. The van der Waals surface area contributed by atoms with E-state index in [0.717, 1.165) is 5.69 Å². The van der Waals surface area contributed by atoms with Crippen molar-refractivity contribution in [1.82, 2.24) is 4.98 Å². The van der Waals surface area contributed by atoms with Crippen LogP contribution in [0.15, 0.2) is 23.1 Å².